The molecule has 2 fully saturated rings. The Morgan fingerprint density at radius 2 is 1.85 bits per heavy atom. The molecule has 2 atom stereocenters. The number of hydrogen-bond acceptors (Lipinski definition) is 4. The summed E-state index contributed by atoms with van der Waals surface area (Å²) in [5.41, 5.74) is -0.478. The average molecular weight is 284 g/mol. The van der Waals surface area contributed by atoms with Gasteiger partial charge in [0.2, 0.25) is 6.04 Å². The smallest absolute Gasteiger partial charge is 0.407 e. The lowest BCUT2D eigenvalue weighted by Crippen LogP contribution is -2.41. The Kier molecular flexibility index (Phi) is 4.20. The summed E-state index contributed by atoms with van der Waals surface area (Å²) in [5, 5.41) is 13.6. The van der Waals surface area contributed by atoms with Crippen molar-refractivity contribution in [2.24, 2.45) is 11.8 Å². The van der Waals surface area contributed by atoms with E-state index < -0.39 is 5.60 Å². The van der Waals surface area contributed by atoms with E-state index in [2.05, 4.69) is 5.32 Å². The van der Waals surface area contributed by atoms with E-state index in [1.165, 1.54) is 0 Å². The Balaban J connectivity index is 1.70. The molecule has 2 aliphatic rings. The lowest BCUT2D eigenvalue weighted by molar-refractivity contribution is -0.499. The summed E-state index contributed by atoms with van der Waals surface area (Å²) in [7, 11) is 0. The minimum absolute atomic E-state index is 0.143. The summed E-state index contributed by atoms with van der Waals surface area (Å²) in [6.07, 6.45) is 4.10. The second kappa shape index (κ2) is 5.58. The Morgan fingerprint density at radius 3 is 2.30 bits per heavy atom. The minimum Gasteiger partial charge on any atom is -0.444 e. The molecular formula is C14H24N2O4. The number of carbonyl (C=O) groups is 1. The van der Waals surface area contributed by atoms with Crippen molar-refractivity contribution in [1.29, 1.82) is 0 Å². The van der Waals surface area contributed by atoms with E-state index in [9.17, 15) is 14.9 Å². The van der Waals surface area contributed by atoms with Crippen LogP contribution in [-0.2, 0) is 4.74 Å². The number of ether oxygens (including phenoxy) is 1. The van der Waals surface area contributed by atoms with Gasteiger partial charge in [0, 0.05) is 23.3 Å². The van der Waals surface area contributed by atoms with Crippen molar-refractivity contribution < 1.29 is 14.5 Å². The summed E-state index contributed by atoms with van der Waals surface area (Å²) >= 11 is 0. The quantitative estimate of drug-likeness (QED) is 0.638. The van der Waals surface area contributed by atoms with Gasteiger partial charge in [-0.3, -0.25) is 10.1 Å². The molecule has 6 nitrogen and oxygen atoms in total. The van der Waals surface area contributed by atoms with Gasteiger partial charge in [-0.1, -0.05) is 0 Å². The number of hydrogen-bond donors (Lipinski definition) is 1. The maximum absolute atomic E-state index is 11.7. The third-order valence-corrected chi connectivity index (χ3v) is 4.17. The largest absolute Gasteiger partial charge is 0.444 e. The number of alkyl carbamates (subject to hydrolysis) is 1. The molecule has 0 spiro atoms. The third-order valence-electron chi connectivity index (χ3n) is 4.17. The molecule has 0 bridgehead atoms. The zero-order valence-electron chi connectivity index (χ0n) is 12.4. The van der Waals surface area contributed by atoms with Crippen LogP contribution in [0.4, 0.5) is 4.79 Å². The Hall–Kier alpha value is -1.33. The molecule has 0 unspecified atom stereocenters. The van der Waals surface area contributed by atoms with Crippen molar-refractivity contribution in [3.63, 3.8) is 0 Å². The van der Waals surface area contributed by atoms with Gasteiger partial charge in [0.05, 0.1) is 0 Å². The van der Waals surface area contributed by atoms with Crippen molar-refractivity contribution in [3.05, 3.63) is 10.1 Å². The lowest BCUT2D eigenvalue weighted by atomic mass is 9.83. The van der Waals surface area contributed by atoms with Crippen LogP contribution < -0.4 is 5.32 Å². The van der Waals surface area contributed by atoms with E-state index in [-0.39, 0.29) is 29.0 Å². The average Bonchev–Trinajstić information content (AvgIpc) is 3.07. The van der Waals surface area contributed by atoms with Crippen molar-refractivity contribution in [3.8, 4) is 0 Å². The van der Waals surface area contributed by atoms with Crippen molar-refractivity contribution in [2.75, 3.05) is 0 Å². The second-order valence-electron chi connectivity index (χ2n) is 7.01. The molecular weight excluding hydrogens is 260 g/mol. The maximum atomic E-state index is 11.7. The third kappa shape index (κ3) is 4.08. The van der Waals surface area contributed by atoms with Crippen LogP contribution in [0.3, 0.4) is 0 Å². The Morgan fingerprint density at radius 1 is 1.25 bits per heavy atom. The number of carbonyl (C=O) groups excluding carboxylic acids is 1. The zero-order valence-corrected chi connectivity index (χ0v) is 12.4. The van der Waals surface area contributed by atoms with Crippen LogP contribution in [0.1, 0.15) is 52.9 Å². The van der Waals surface area contributed by atoms with Crippen LogP contribution >= 0.6 is 0 Å². The first-order valence-corrected chi connectivity index (χ1v) is 7.39. The highest BCUT2D eigenvalue weighted by atomic mass is 16.6. The van der Waals surface area contributed by atoms with Crippen molar-refractivity contribution >= 4 is 6.09 Å². The number of rotatable bonds is 3. The fourth-order valence-electron chi connectivity index (χ4n) is 3.12. The molecule has 0 aromatic rings. The van der Waals surface area contributed by atoms with Crippen LogP contribution in [0, 0.1) is 22.0 Å². The number of nitrogens with one attached hydrogen (secondary N) is 1. The molecule has 2 rings (SSSR count). The van der Waals surface area contributed by atoms with Gasteiger partial charge in [0.15, 0.2) is 0 Å². The molecule has 0 aromatic carbocycles. The molecule has 2 aliphatic carbocycles. The highest BCUT2D eigenvalue weighted by Gasteiger charge is 2.52. The number of amides is 1. The van der Waals surface area contributed by atoms with E-state index in [1.807, 2.05) is 20.8 Å². The normalized spacial score (nSPS) is 33.4. The van der Waals surface area contributed by atoms with Crippen LogP contribution in [0.2, 0.25) is 0 Å². The SMILES string of the molecule is CC(C)(C)OC(=O)NC1CCC([C@@H]2C[C@H]2[N+](=O)[O-])CC1. The van der Waals surface area contributed by atoms with Crippen LogP contribution in [0.5, 0.6) is 0 Å². The minimum atomic E-state index is -0.478. The highest BCUT2D eigenvalue weighted by molar-refractivity contribution is 5.68. The van der Waals surface area contributed by atoms with Crippen LogP contribution in [0.15, 0.2) is 0 Å². The fraction of sp³-hybridized carbons (Fsp3) is 0.929. The predicted molar refractivity (Wildman–Crippen MR) is 74.0 cm³/mol. The molecule has 114 valence electrons. The van der Waals surface area contributed by atoms with E-state index in [0.717, 1.165) is 32.1 Å². The highest BCUT2D eigenvalue weighted by Crippen LogP contribution is 2.45. The monoisotopic (exact) mass is 284 g/mol. The summed E-state index contributed by atoms with van der Waals surface area (Å²) in [6, 6.07) is -0.163. The summed E-state index contributed by atoms with van der Waals surface area (Å²) in [6.45, 7) is 5.52. The van der Waals surface area contributed by atoms with Crippen LogP contribution in [-0.4, -0.2) is 28.7 Å². The number of nitrogens with zero attached hydrogens (tertiary/aromatic N) is 1. The van der Waals surface area contributed by atoms with E-state index in [1.54, 1.807) is 0 Å². The van der Waals surface area contributed by atoms with E-state index in [4.69, 9.17) is 4.74 Å². The fourth-order valence-corrected chi connectivity index (χ4v) is 3.12. The van der Waals surface area contributed by atoms with E-state index in [0.29, 0.717) is 5.92 Å². The topological polar surface area (TPSA) is 81.5 Å². The summed E-state index contributed by atoms with van der Waals surface area (Å²) in [4.78, 5) is 22.2. The van der Waals surface area contributed by atoms with Gasteiger partial charge in [0.25, 0.3) is 0 Å². The molecule has 0 aliphatic heterocycles. The standard InChI is InChI=1S/C14H24N2O4/c1-14(2,3)20-13(17)15-10-6-4-9(5-7-10)11-8-12(11)16(18)19/h9-12H,4-8H2,1-3H3,(H,15,17)/t9?,10?,11-,12+/m0/s1. The first-order chi connectivity index (χ1) is 9.26. The summed E-state index contributed by atoms with van der Waals surface area (Å²) in [5.74, 6) is 0.731. The van der Waals surface area contributed by atoms with Gasteiger partial charge in [-0.15, -0.1) is 0 Å². The predicted octanol–water partition coefficient (Wildman–Crippen LogP) is 2.74. The molecule has 0 saturated heterocycles. The second-order valence-corrected chi connectivity index (χ2v) is 7.01. The molecule has 6 heteroatoms. The Labute approximate surface area is 119 Å². The van der Waals surface area contributed by atoms with E-state index >= 15 is 0 Å². The molecule has 2 saturated carbocycles. The first-order valence-electron chi connectivity index (χ1n) is 7.39. The first kappa shape index (κ1) is 15.1. The number of nitro groups is 1. The van der Waals surface area contributed by atoms with Crippen molar-refractivity contribution in [2.45, 2.75) is 70.6 Å². The molecule has 0 heterocycles. The van der Waals surface area contributed by atoms with Gasteiger partial charge >= 0.3 is 6.09 Å². The maximum Gasteiger partial charge on any atom is 0.407 e. The van der Waals surface area contributed by atoms with Crippen molar-refractivity contribution in [1.82, 2.24) is 5.32 Å². The van der Waals surface area contributed by atoms with Crippen LogP contribution in [0.25, 0.3) is 0 Å². The van der Waals surface area contributed by atoms with Gasteiger partial charge < -0.3 is 10.1 Å². The van der Waals surface area contributed by atoms with Gasteiger partial charge in [-0.05, 0) is 52.4 Å². The molecule has 0 radical (unpaired) electrons. The van der Waals surface area contributed by atoms with Gasteiger partial charge in [-0.25, -0.2) is 4.79 Å². The lowest BCUT2D eigenvalue weighted by Gasteiger charge is -2.29. The Bertz CT molecular complexity index is 383. The van der Waals surface area contributed by atoms with Gasteiger partial charge in [0.1, 0.15) is 5.60 Å². The summed E-state index contributed by atoms with van der Waals surface area (Å²) < 4.78 is 5.24. The molecule has 1 N–H and O–H groups in total. The molecule has 20 heavy (non-hydrogen) atoms. The molecule has 0 aromatic heterocycles. The van der Waals surface area contributed by atoms with Gasteiger partial charge in [-0.2, -0.15) is 0 Å². The molecule has 1 amide bonds. The zero-order chi connectivity index (χ0) is 14.9.